The van der Waals surface area contributed by atoms with Gasteiger partial charge in [0.25, 0.3) is 0 Å². The van der Waals surface area contributed by atoms with Gasteiger partial charge < -0.3 is 14.4 Å². The highest BCUT2D eigenvalue weighted by molar-refractivity contribution is 7.91. The number of allylic oxidation sites excluding steroid dienone is 1. The number of rotatable bonds is 10. The van der Waals surface area contributed by atoms with Crippen molar-refractivity contribution >= 4 is 16.0 Å². The van der Waals surface area contributed by atoms with Crippen molar-refractivity contribution in [2.24, 2.45) is 11.8 Å². The van der Waals surface area contributed by atoms with Crippen LogP contribution in [0.15, 0.2) is 25.5 Å². The first-order chi connectivity index (χ1) is 15.4. The van der Waals surface area contributed by atoms with E-state index in [9.17, 15) is 13.2 Å². The third kappa shape index (κ3) is 5.64. The minimum absolute atomic E-state index is 0.132. The van der Waals surface area contributed by atoms with Gasteiger partial charge >= 0.3 is 5.97 Å². The Balaban J connectivity index is 1.53. The average molecular weight is 469 g/mol. The van der Waals surface area contributed by atoms with Crippen molar-refractivity contribution in [3.63, 3.8) is 0 Å². The van der Waals surface area contributed by atoms with Gasteiger partial charge in [-0.1, -0.05) is 12.7 Å². The van der Waals surface area contributed by atoms with Gasteiger partial charge in [0.1, 0.15) is 0 Å². The van der Waals surface area contributed by atoms with Gasteiger partial charge in [-0.3, -0.25) is 0 Å². The smallest absolute Gasteiger partial charge is 0.333 e. The molecule has 3 aliphatic rings. The van der Waals surface area contributed by atoms with Crippen LogP contribution in [0.3, 0.4) is 0 Å². The Labute approximate surface area is 193 Å². The van der Waals surface area contributed by atoms with E-state index in [1.807, 2.05) is 6.08 Å². The molecule has 0 radical (unpaired) electrons. The van der Waals surface area contributed by atoms with Crippen molar-refractivity contribution in [3.8, 4) is 0 Å². The molecular formula is C24H40N2O5S. The zero-order valence-electron chi connectivity index (χ0n) is 19.4. The summed E-state index contributed by atoms with van der Waals surface area (Å²) in [6, 6.07) is 0. The van der Waals surface area contributed by atoms with Crippen LogP contribution in [0.4, 0.5) is 0 Å². The van der Waals surface area contributed by atoms with Crippen molar-refractivity contribution in [1.82, 2.24) is 9.21 Å². The molecule has 0 saturated carbocycles. The molecule has 0 aromatic heterocycles. The zero-order chi connectivity index (χ0) is 23.0. The maximum atomic E-state index is 13.6. The molecule has 3 saturated heterocycles. The number of hydrogen-bond donors (Lipinski definition) is 0. The van der Waals surface area contributed by atoms with Gasteiger partial charge in [-0.15, -0.1) is 6.58 Å². The molecule has 0 N–H and O–H groups in total. The molecule has 0 bridgehead atoms. The first kappa shape index (κ1) is 25.4. The van der Waals surface area contributed by atoms with Crippen molar-refractivity contribution in [1.29, 1.82) is 0 Å². The van der Waals surface area contributed by atoms with E-state index < -0.39 is 20.7 Å². The topological polar surface area (TPSA) is 76.2 Å². The van der Waals surface area contributed by atoms with Crippen molar-refractivity contribution in [2.75, 3.05) is 45.9 Å². The lowest BCUT2D eigenvalue weighted by Crippen LogP contribution is -2.58. The summed E-state index contributed by atoms with van der Waals surface area (Å²) < 4.78 is 37.5. The number of unbranched alkanes of at least 4 members (excludes halogenated alkanes) is 2. The highest BCUT2D eigenvalue weighted by Crippen LogP contribution is 2.38. The lowest BCUT2D eigenvalue weighted by Gasteiger charge is -2.43. The fraction of sp³-hybridized carbons (Fsp3) is 0.792. The number of likely N-dealkylation sites (tertiary alicyclic amines) is 1. The van der Waals surface area contributed by atoms with Crippen LogP contribution < -0.4 is 0 Å². The monoisotopic (exact) mass is 468 g/mol. The number of piperidine rings is 2. The lowest BCUT2D eigenvalue weighted by molar-refractivity contribution is -0.143. The van der Waals surface area contributed by atoms with E-state index in [-0.39, 0.29) is 26.1 Å². The van der Waals surface area contributed by atoms with E-state index in [1.165, 1.54) is 36.5 Å². The number of hydrogen-bond acceptors (Lipinski definition) is 6. The van der Waals surface area contributed by atoms with Crippen LogP contribution in [0.25, 0.3) is 0 Å². The maximum absolute atomic E-state index is 13.6. The highest BCUT2D eigenvalue weighted by atomic mass is 32.2. The summed E-state index contributed by atoms with van der Waals surface area (Å²) in [6.45, 7) is 12.1. The Bertz CT molecular complexity index is 731. The fourth-order valence-corrected chi connectivity index (χ4v) is 7.69. The quantitative estimate of drug-likeness (QED) is 0.212. The Morgan fingerprint density at radius 1 is 1.00 bits per heavy atom. The van der Waals surface area contributed by atoms with Gasteiger partial charge in [-0.25, -0.2) is 17.5 Å². The minimum atomic E-state index is -3.83. The number of esters is 1. The molecule has 0 aliphatic carbocycles. The van der Waals surface area contributed by atoms with Crippen LogP contribution in [-0.4, -0.2) is 74.3 Å². The van der Waals surface area contributed by atoms with Gasteiger partial charge in [-0.05, 0) is 76.4 Å². The molecule has 8 heteroatoms. The molecule has 32 heavy (non-hydrogen) atoms. The van der Waals surface area contributed by atoms with Crippen molar-refractivity contribution < 1.29 is 22.7 Å². The first-order valence-corrected chi connectivity index (χ1v) is 13.6. The summed E-state index contributed by atoms with van der Waals surface area (Å²) in [5.74, 6) is 0.514. The molecule has 3 aliphatic heterocycles. The zero-order valence-corrected chi connectivity index (χ0v) is 20.2. The van der Waals surface area contributed by atoms with E-state index in [0.29, 0.717) is 24.9 Å². The van der Waals surface area contributed by atoms with E-state index in [1.54, 1.807) is 0 Å². The summed E-state index contributed by atoms with van der Waals surface area (Å²) in [6.07, 6.45) is 10.9. The molecule has 0 unspecified atom stereocenters. The molecule has 0 spiro atoms. The van der Waals surface area contributed by atoms with E-state index in [2.05, 4.69) is 18.1 Å². The minimum Gasteiger partial charge on any atom is -0.434 e. The molecule has 3 fully saturated rings. The van der Waals surface area contributed by atoms with Gasteiger partial charge in [-0.2, -0.15) is 0 Å². The number of ether oxygens (including phenoxy) is 2. The molecule has 0 amide bonds. The molecule has 3 heterocycles. The standard InChI is InChI=1S/C24H40N2O5S/c1-3-5-6-7-14-25-15-8-21(9-16-25)22-10-17-26(18-11-22)32(28,29)24(23(27)31-4-2)12-19-30-20-13-24/h3-4,21-22H,1-2,5-20H2. The molecule has 7 nitrogen and oxygen atoms in total. The summed E-state index contributed by atoms with van der Waals surface area (Å²) >= 11 is 0. The van der Waals surface area contributed by atoms with Gasteiger partial charge in [0.05, 0.1) is 6.26 Å². The van der Waals surface area contributed by atoms with Crippen LogP contribution in [0, 0.1) is 11.8 Å². The number of sulfonamides is 1. The summed E-state index contributed by atoms with van der Waals surface area (Å²) in [5, 5.41) is 0. The highest BCUT2D eigenvalue weighted by Gasteiger charge is 2.55. The summed E-state index contributed by atoms with van der Waals surface area (Å²) in [7, 11) is -3.83. The third-order valence-corrected chi connectivity index (χ3v) is 10.2. The van der Waals surface area contributed by atoms with Gasteiger partial charge in [0.2, 0.25) is 10.0 Å². The predicted octanol–water partition coefficient (Wildman–Crippen LogP) is 3.33. The SMILES string of the molecule is C=CCCCCN1CCC(C2CCN(S(=O)(=O)C3(C(=O)OC=C)CCOCC3)CC2)CC1. The van der Waals surface area contributed by atoms with Crippen LogP contribution >= 0.6 is 0 Å². The maximum Gasteiger partial charge on any atom is 0.333 e. The summed E-state index contributed by atoms with van der Waals surface area (Å²) in [5.41, 5.74) is 0. The second-order valence-electron chi connectivity index (χ2n) is 9.38. The molecule has 0 aromatic rings. The van der Waals surface area contributed by atoms with E-state index in [0.717, 1.165) is 38.6 Å². The molecule has 3 rings (SSSR count). The number of carbonyl (C=O) groups is 1. The Kier molecular flexibility index (Phi) is 9.34. The van der Waals surface area contributed by atoms with Crippen LogP contribution in [0.1, 0.15) is 57.8 Å². The second kappa shape index (κ2) is 11.8. The van der Waals surface area contributed by atoms with Crippen molar-refractivity contribution in [3.05, 3.63) is 25.5 Å². The summed E-state index contributed by atoms with van der Waals surface area (Å²) in [4.78, 5) is 15.3. The molecule has 0 aromatic carbocycles. The van der Waals surface area contributed by atoms with Crippen molar-refractivity contribution in [2.45, 2.75) is 62.5 Å². The lowest BCUT2D eigenvalue weighted by atomic mass is 9.79. The van der Waals surface area contributed by atoms with Crippen LogP contribution in [0.5, 0.6) is 0 Å². The third-order valence-electron chi connectivity index (χ3n) is 7.63. The molecule has 0 atom stereocenters. The predicted molar refractivity (Wildman–Crippen MR) is 126 cm³/mol. The normalized spacial score (nSPS) is 24.1. The number of nitrogens with zero attached hydrogens (tertiary/aromatic N) is 2. The van der Waals surface area contributed by atoms with Crippen LogP contribution in [0.2, 0.25) is 0 Å². The Morgan fingerprint density at radius 2 is 1.59 bits per heavy atom. The molecular weight excluding hydrogens is 428 g/mol. The average Bonchev–Trinajstić information content (AvgIpc) is 2.83. The first-order valence-electron chi connectivity index (χ1n) is 12.2. The van der Waals surface area contributed by atoms with Crippen LogP contribution in [-0.2, 0) is 24.3 Å². The Hall–Kier alpha value is -1.22. The fourth-order valence-electron chi connectivity index (χ4n) is 5.56. The van der Waals surface area contributed by atoms with Gasteiger partial charge in [0, 0.05) is 39.1 Å². The van der Waals surface area contributed by atoms with E-state index in [4.69, 9.17) is 9.47 Å². The largest absolute Gasteiger partial charge is 0.434 e. The van der Waals surface area contributed by atoms with Gasteiger partial charge in [0.15, 0.2) is 4.75 Å². The number of carbonyl (C=O) groups excluding carboxylic acids is 1. The second-order valence-corrected chi connectivity index (χ2v) is 11.6. The van der Waals surface area contributed by atoms with E-state index >= 15 is 0 Å². The Morgan fingerprint density at radius 3 is 2.16 bits per heavy atom. The molecule has 182 valence electrons.